The van der Waals surface area contributed by atoms with Gasteiger partial charge in [-0.25, -0.2) is 9.38 Å². The van der Waals surface area contributed by atoms with Crippen LogP contribution in [0.3, 0.4) is 0 Å². The highest BCUT2D eigenvalue weighted by atomic mass is 19.1. The molecule has 0 saturated carbocycles. The average molecular weight is 507 g/mol. The van der Waals surface area contributed by atoms with Crippen LogP contribution in [-0.2, 0) is 18.3 Å². The highest BCUT2D eigenvalue weighted by Gasteiger charge is 2.25. The van der Waals surface area contributed by atoms with Crippen LogP contribution in [0.25, 0.3) is 29.1 Å². The van der Waals surface area contributed by atoms with Crippen molar-refractivity contribution < 1.29 is 14.3 Å². The van der Waals surface area contributed by atoms with Gasteiger partial charge in [0.15, 0.2) is 5.88 Å². The van der Waals surface area contributed by atoms with Crippen molar-refractivity contribution in [2.45, 2.75) is 20.3 Å². The lowest BCUT2D eigenvalue weighted by Gasteiger charge is -2.26. The number of aromatic amines is 1. The van der Waals surface area contributed by atoms with Crippen molar-refractivity contribution in [2.24, 2.45) is 12.0 Å². The van der Waals surface area contributed by atoms with Gasteiger partial charge in [-0.2, -0.15) is 0 Å². The summed E-state index contributed by atoms with van der Waals surface area (Å²) < 4.78 is 15.6. The molecule has 7 heteroatoms. The van der Waals surface area contributed by atoms with Gasteiger partial charge in [-0.05, 0) is 73.5 Å². The summed E-state index contributed by atoms with van der Waals surface area (Å²) in [4.78, 5) is 22.8. The molecule has 0 radical (unpaired) electrons. The van der Waals surface area contributed by atoms with Crippen molar-refractivity contribution in [3.8, 4) is 17.1 Å². The third-order valence-electron chi connectivity index (χ3n) is 7.25. The Bertz CT molecular complexity index is 1840. The first-order chi connectivity index (χ1) is 18.3. The number of benzene rings is 2. The van der Waals surface area contributed by atoms with Gasteiger partial charge in [0.1, 0.15) is 5.82 Å². The first kappa shape index (κ1) is 23.7. The molecule has 38 heavy (non-hydrogen) atoms. The average Bonchev–Trinajstić information content (AvgIpc) is 3.10. The normalized spacial score (nSPS) is 14.2. The van der Waals surface area contributed by atoms with E-state index in [9.17, 15) is 14.3 Å². The molecule has 0 bridgehead atoms. The van der Waals surface area contributed by atoms with Crippen LogP contribution in [0.2, 0.25) is 0 Å². The Morgan fingerprint density at radius 2 is 1.89 bits per heavy atom. The van der Waals surface area contributed by atoms with Crippen LogP contribution in [0.5, 0.6) is 5.88 Å². The molecule has 190 valence electrons. The highest BCUT2D eigenvalue weighted by molar-refractivity contribution is 5.91. The summed E-state index contributed by atoms with van der Waals surface area (Å²) in [6.45, 7) is 4.55. The molecule has 1 aliphatic heterocycles. The lowest BCUT2D eigenvalue weighted by atomic mass is 10.0. The van der Waals surface area contributed by atoms with Crippen molar-refractivity contribution in [2.75, 3.05) is 11.4 Å². The molecule has 2 aromatic heterocycles. The zero-order valence-electron chi connectivity index (χ0n) is 21.4. The number of carbonyl (C=O) groups is 1. The molecule has 2 aliphatic rings. The summed E-state index contributed by atoms with van der Waals surface area (Å²) in [6.07, 6.45) is 7.99. The Morgan fingerprint density at radius 1 is 1.11 bits per heavy atom. The fraction of sp³-hybridized carbons (Fsp3) is 0.161. The van der Waals surface area contributed by atoms with E-state index in [1.807, 2.05) is 74.2 Å². The fourth-order valence-electron chi connectivity index (χ4n) is 5.33. The maximum Gasteiger partial charge on any atom is 0.250 e. The van der Waals surface area contributed by atoms with Crippen LogP contribution < -0.4 is 20.8 Å². The van der Waals surface area contributed by atoms with E-state index < -0.39 is 0 Å². The molecule has 0 atom stereocenters. The maximum absolute atomic E-state index is 13.6. The van der Waals surface area contributed by atoms with E-state index in [4.69, 9.17) is 0 Å². The van der Waals surface area contributed by atoms with Crippen molar-refractivity contribution in [1.82, 2.24) is 9.55 Å². The van der Waals surface area contributed by atoms with E-state index in [0.717, 1.165) is 49.9 Å². The Labute approximate surface area is 219 Å². The number of nitrogens with one attached hydrogen (secondary N) is 1. The molecule has 2 aromatic carbocycles. The quantitative estimate of drug-likeness (QED) is 0.446. The zero-order valence-corrected chi connectivity index (χ0v) is 21.4. The Kier molecular flexibility index (Phi) is 5.64. The molecular formula is C31H27FN4O2. The summed E-state index contributed by atoms with van der Waals surface area (Å²) in [5.74, 6) is -0.487. The van der Waals surface area contributed by atoms with E-state index in [2.05, 4.69) is 14.9 Å². The van der Waals surface area contributed by atoms with Crippen LogP contribution in [0.1, 0.15) is 22.3 Å². The monoisotopic (exact) mass is 506 g/mol. The number of aromatic hydroxyl groups is 1. The van der Waals surface area contributed by atoms with Crippen molar-refractivity contribution in [1.29, 1.82) is 0 Å². The minimum Gasteiger partial charge on any atom is -0.494 e. The van der Waals surface area contributed by atoms with Gasteiger partial charge in [-0.1, -0.05) is 23.8 Å². The molecular weight excluding hydrogens is 479 g/mol. The number of amides is 1. The van der Waals surface area contributed by atoms with Gasteiger partial charge in [0.05, 0.1) is 28.7 Å². The number of anilines is 1. The number of fused-ring (bicyclic) bond motifs is 2. The van der Waals surface area contributed by atoms with Crippen molar-refractivity contribution >= 4 is 29.4 Å². The van der Waals surface area contributed by atoms with Gasteiger partial charge in [0.2, 0.25) is 0 Å². The summed E-state index contributed by atoms with van der Waals surface area (Å²) >= 11 is 0. The number of aryl methyl sites for hydroxylation is 3. The lowest BCUT2D eigenvalue weighted by molar-refractivity contribution is -0.117. The van der Waals surface area contributed by atoms with Gasteiger partial charge in [0.25, 0.3) is 5.91 Å². The summed E-state index contributed by atoms with van der Waals surface area (Å²) in [5.41, 5.74) is 6.95. The largest absolute Gasteiger partial charge is 0.494 e. The molecule has 0 spiro atoms. The van der Waals surface area contributed by atoms with Gasteiger partial charge in [-0.15, -0.1) is 0 Å². The molecule has 3 heterocycles. The number of halogens is 1. The minimum atomic E-state index is -0.298. The molecule has 2 N–H and O–H groups in total. The Balaban J connectivity index is 1.52. The number of pyridine rings is 1. The second kappa shape index (κ2) is 9.03. The number of hydrogen-bond acceptors (Lipinski definition) is 3. The van der Waals surface area contributed by atoms with Crippen LogP contribution >= 0.6 is 0 Å². The first-order valence-corrected chi connectivity index (χ1v) is 12.5. The van der Waals surface area contributed by atoms with E-state index in [-0.39, 0.29) is 24.0 Å². The summed E-state index contributed by atoms with van der Waals surface area (Å²) in [7, 11) is 1.91. The molecule has 4 aromatic rings. The smallest absolute Gasteiger partial charge is 0.250 e. The number of carbonyl (C=O) groups excluding carboxylic acids is 1. The maximum atomic E-state index is 13.6. The number of rotatable bonds is 3. The van der Waals surface area contributed by atoms with Gasteiger partial charge >= 0.3 is 0 Å². The molecule has 6 rings (SSSR count). The molecule has 0 fully saturated rings. The van der Waals surface area contributed by atoms with E-state index >= 15 is 0 Å². The van der Waals surface area contributed by atoms with E-state index in [0.29, 0.717) is 17.5 Å². The third kappa shape index (κ3) is 3.96. The van der Waals surface area contributed by atoms with Crippen molar-refractivity contribution in [3.63, 3.8) is 0 Å². The number of aromatic nitrogens is 2. The van der Waals surface area contributed by atoms with Crippen LogP contribution in [0.4, 0.5) is 10.1 Å². The van der Waals surface area contributed by atoms with Crippen LogP contribution in [0.15, 0.2) is 65.8 Å². The first-order valence-electron chi connectivity index (χ1n) is 12.5. The van der Waals surface area contributed by atoms with Crippen LogP contribution in [0, 0.1) is 19.7 Å². The molecule has 0 saturated heterocycles. The predicted octanol–water partition coefficient (Wildman–Crippen LogP) is 3.59. The highest BCUT2D eigenvalue weighted by Crippen LogP contribution is 2.31. The molecule has 0 unspecified atom stereocenters. The molecule has 6 nitrogen and oxygen atoms in total. The second-order valence-corrected chi connectivity index (χ2v) is 9.83. The van der Waals surface area contributed by atoms with Crippen LogP contribution in [-0.4, -0.2) is 27.1 Å². The van der Waals surface area contributed by atoms with Gasteiger partial charge < -0.3 is 19.6 Å². The van der Waals surface area contributed by atoms with E-state index in [1.165, 1.54) is 12.1 Å². The number of nitrogens with zero attached hydrogens (tertiary/aromatic N) is 3. The van der Waals surface area contributed by atoms with Gasteiger partial charge in [-0.3, -0.25) is 4.79 Å². The zero-order chi connectivity index (χ0) is 26.6. The number of H-pyrrole nitrogens is 1. The SMILES string of the molecule is Cc1ccc(C)c(CC(=O)N=c2ccn(C)c3c2C=CC2=c4c-3c(O)[nH]c4=CCN2c2ccc(F)cc2)c1. The Hall–Kier alpha value is -4.65. The summed E-state index contributed by atoms with van der Waals surface area (Å²) in [6, 6.07) is 14.3. The Morgan fingerprint density at radius 3 is 2.68 bits per heavy atom. The second-order valence-electron chi connectivity index (χ2n) is 9.83. The lowest BCUT2D eigenvalue weighted by Crippen LogP contribution is -2.39. The fourth-order valence-corrected chi connectivity index (χ4v) is 5.33. The third-order valence-corrected chi connectivity index (χ3v) is 7.25. The molecule has 1 aliphatic carbocycles. The molecule has 1 amide bonds. The van der Waals surface area contributed by atoms with Crippen molar-refractivity contribution in [3.05, 3.63) is 105 Å². The van der Waals surface area contributed by atoms with Gasteiger partial charge in [0, 0.05) is 41.6 Å². The topological polar surface area (TPSA) is 73.6 Å². The summed E-state index contributed by atoms with van der Waals surface area (Å²) in [5, 5.41) is 13.3. The van der Waals surface area contributed by atoms with E-state index in [1.54, 1.807) is 12.1 Å². The number of hydrogen-bond donors (Lipinski definition) is 2. The standard InChI is InChI=1S/C31H27FN4O2/c1-18-4-5-19(2)20(16-18)17-27(37)33-24-12-14-35(3)30-23(24)10-11-26-28-25(34-31(38)29(28)30)13-15-36(26)22-8-6-21(32)7-9-22/h4-14,16,34,38H,15,17H2,1-3H3. The minimum absolute atomic E-state index is 0.0455. The predicted molar refractivity (Wildman–Crippen MR) is 147 cm³/mol.